The molecule has 0 heterocycles. The first kappa shape index (κ1) is 133. The van der Waals surface area contributed by atoms with E-state index >= 15 is 0 Å². The maximum Gasteiger partial charge on any atom is 0.500 e. The summed E-state index contributed by atoms with van der Waals surface area (Å²) < 4.78 is 119. The summed E-state index contributed by atoms with van der Waals surface area (Å²) >= 11 is 0. The van der Waals surface area contributed by atoms with Crippen molar-refractivity contribution in [3.05, 3.63) is 136 Å². The molecule has 0 bridgehead atoms. The van der Waals surface area contributed by atoms with E-state index in [0.717, 1.165) is 34.2 Å². The number of hydrogen-bond donors (Lipinski definition) is 4. The fourth-order valence-corrected chi connectivity index (χ4v) is 64.8. The number of ether oxygens (including phenoxy) is 6. The molecule has 0 aromatic heterocycles. The predicted octanol–water partition coefficient (Wildman–Crippen LogP) is 9.44. The zero-order chi connectivity index (χ0) is 102. The number of unbranched alkanes of at least 4 members (excludes halogenated alkanes) is 5. The summed E-state index contributed by atoms with van der Waals surface area (Å²) in [6.07, 6.45) is 8.93. The van der Waals surface area contributed by atoms with Gasteiger partial charge in [-0.1, -0.05) is 114 Å². The summed E-state index contributed by atoms with van der Waals surface area (Å²) in [4.78, 5) is 51.1. The number of carbonyl (C=O) groups excluding carboxylic acids is 4. The summed E-state index contributed by atoms with van der Waals surface area (Å²) in [6, 6.07) is 9.76. The van der Waals surface area contributed by atoms with Crippen LogP contribution in [-0.4, -0.2) is 324 Å². The zero-order valence-electron chi connectivity index (χ0n) is 86.9. The lowest BCUT2D eigenvalue weighted by Crippen LogP contribution is -2.54. The van der Waals surface area contributed by atoms with Gasteiger partial charge in [0.1, 0.15) is 50.5 Å². The second-order valence-electron chi connectivity index (χ2n) is 39.2. The summed E-state index contributed by atoms with van der Waals surface area (Å²) in [5.41, 5.74) is 2.55. The van der Waals surface area contributed by atoms with Crippen molar-refractivity contribution in [3.8, 4) is 5.75 Å². The molecule has 0 aliphatic carbocycles. The normalized spacial score (nSPS) is 14.1. The number of hydrogen-bond acceptors (Lipinski definition) is 27. The maximum absolute atomic E-state index is 11.7. The molecule has 0 radical (unpaired) electrons. The maximum atomic E-state index is 11.7. The Morgan fingerprint density at radius 2 is 0.809 bits per heavy atom. The van der Waals surface area contributed by atoms with Gasteiger partial charge < -0.3 is 108 Å². The second-order valence-corrected chi connectivity index (χ2v) is 109. The largest absolute Gasteiger partial charge is 0.500 e. The number of aliphatic hydroxyl groups is 3. The van der Waals surface area contributed by atoms with Crippen LogP contribution < -0.4 is 10.1 Å². The summed E-state index contributed by atoms with van der Waals surface area (Å²) in [7, 11) is -32.1. The number of nitrogens with one attached hydrogen (secondary N) is 1. The third kappa shape index (κ3) is 68.2. The minimum absolute atomic E-state index is 0.0165. The fraction of sp³-hybridized carbons (Fsp3) is 0.659. The Kier molecular flexibility index (Phi) is 69.0. The average molecular weight is 2200 g/mol. The summed E-state index contributed by atoms with van der Waals surface area (Å²) in [5, 5.41) is 32.5. The molecule has 4 N–H and O–H groups in total. The highest BCUT2D eigenvalue weighted by Gasteiger charge is 2.48. The smallest absolute Gasteiger partial charge is 0.490 e. The molecule has 131 heavy (non-hydrogen) atoms. The van der Waals surface area contributed by atoms with Gasteiger partial charge in [0, 0.05) is 55.0 Å². The molecule has 1 aromatic carbocycles. The van der Waals surface area contributed by atoms with Gasteiger partial charge in [-0.05, 0) is 215 Å². The van der Waals surface area contributed by atoms with Gasteiger partial charge in [-0.25, -0.2) is 14.4 Å². The summed E-state index contributed by atoms with van der Waals surface area (Å²) in [5.74, 6) is -1.07. The fourth-order valence-electron chi connectivity index (χ4n) is 10.3. The Bertz CT molecular complexity index is 3570. The average Bonchev–Trinajstić information content (AvgIpc) is 0.823. The first-order valence-corrected chi connectivity index (χ1v) is 93.5. The van der Waals surface area contributed by atoms with Gasteiger partial charge in [-0.2, -0.15) is 0 Å². The molecule has 3 unspecified atom stereocenters. The second kappa shape index (κ2) is 67.7. The number of amides is 1. The number of esters is 3. The highest BCUT2D eigenvalue weighted by Crippen LogP contribution is 2.29. The van der Waals surface area contributed by atoms with Crippen LogP contribution in [0.2, 0.25) is 169 Å². The van der Waals surface area contributed by atoms with Gasteiger partial charge in [0.15, 0.2) is 152 Å². The van der Waals surface area contributed by atoms with E-state index < -0.39 is 225 Å². The predicted molar refractivity (Wildman–Crippen MR) is 593 cm³/mol. The lowest BCUT2D eigenvalue weighted by atomic mass is 10.1. The van der Waals surface area contributed by atoms with Crippen LogP contribution in [0.4, 0.5) is 0 Å². The van der Waals surface area contributed by atoms with Crippen molar-refractivity contribution in [2.45, 2.75) is 273 Å². The number of aliphatic hydroxyl groups excluding tert-OH is 3. The monoisotopic (exact) mass is 2200 g/mol. The van der Waals surface area contributed by atoms with Crippen molar-refractivity contribution in [1.29, 1.82) is 0 Å². The van der Waals surface area contributed by atoms with Crippen LogP contribution in [0.3, 0.4) is 0 Å². The van der Waals surface area contributed by atoms with Gasteiger partial charge in [0.05, 0.1) is 25.7 Å². The molecule has 0 aliphatic rings. The molecule has 1 rings (SSSR count). The van der Waals surface area contributed by atoms with E-state index in [0.29, 0.717) is 49.8 Å². The molecule has 1 aromatic rings. The van der Waals surface area contributed by atoms with Crippen LogP contribution in [0.1, 0.15) is 85.6 Å². The minimum Gasteiger partial charge on any atom is -0.490 e. The van der Waals surface area contributed by atoms with E-state index in [2.05, 4.69) is 229 Å². The van der Waals surface area contributed by atoms with Crippen molar-refractivity contribution in [2.75, 3.05) is 78.1 Å². The van der Waals surface area contributed by atoms with Crippen LogP contribution in [0.25, 0.3) is 0 Å². The number of carbonyl (C=O) groups is 4. The molecular formula is C82H181NO27Si21. The molecule has 0 saturated heterocycles. The molecule has 0 saturated carbocycles. The van der Waals surface area contributed by atoms with E-state index in [1.165, 1.54) is 63.8 Å². The Morgan fingerprint density at radius 3 is 1.25 bits per heavy atom. The highest BCUT2D eigenvalue weighted by molar-refractivity contribution is 6.97. The van der Waals surface area contributed by atoms with Crippen molar-refractivity contribution in [2.24, 2.45) is 0 Å². The van der Waals surface area contributed by atoms with E-state index in [1.807, 2.05) is 45.0 Å². The molecule has 0 spiro atoms. The van der Waals surface area contributed by atoms with Gasteiger partial charge in [-0.15, -0.1) is 32.9 Å². The van der Waals surface area contributed by atoms with Crippen LogP contribution in [0, 0.1) is 0 Å². The quantitative estimate of drug-likeness (QED) is 0.0155. The van der Waals surface area contributed by atoms with Gasteiger partial charge in [-0.3, -0.25) is 4.79 Å². The van der Waals surface area contributed by atoms with Crippen molar-refractivity contribution < 1.29 is 121 Å². The Labute approximate surface area is 826 Å². The number of benzene rings is 1. The molecule has 3 atom stereocenters. The first-order chi connectivity index (χ1) is 60.2. The standard InChI is InChI=1S/C27H52O9Si5.C23H52O7Si5.C18H45NO5Si7.C14H32O6Si4/c1-11-32-41(33-12-2,34-13-3)21-39(7,8)36-38-23(6)40(9,10)35-37-20-24-16-14-15-17-26(24)30-18-25(28)19-31-27(29)22(4)5;1-10-12-13-14-15-16-17-33(4,5)28-31-21(3)35(8,9)30-32-29-34(6,7)20-26-18-22(24)19-27-23(25)11-2;1-15(2)18(20)19-14-29(8,9)23-27-24-31(12,13)17(4)26-22-30(10,11)16(3)25-21-28(5,6)7;1-8-14(16)18-10-13(15)9-17-11-21-19-24(6,7)12(2)22-20-23(3,4)5/h14-17,25,28H,4,6,11-13,18-21,37-38H2,1-3,5,7-10H3;11,22,24H,2-3,10,12-20,31-32H2,1,4-9H3;1,3-4,14,25-27H2,2,5-13H3,(H,19,20);8,13,15H,1-2,9-11,21-22H2,3-7H3. The van der Waals surface area contributed by atoms with Crippen molar-refractivity contribution in [1.82, 2.24) is 5.32 Å². The summed E-state index contributed by atoms with van der Waals surface area (Å²) in [6.45, 7) is 101. The third-order valence-electron chi connectivity index (χ3n) is 20.1. The Hall–Kier alpha value is -1.65. The minimum atomic E-state index is -2.78. The topological polar surface area (TPSA) is 326 Å². The van der Waals surface area contributed by atoms with Gasteiger partial charge >= 0.3 is 26.7 Å². The van der Waals surface area contributed by atoms with Gasteiger partial charge in [0.25, 0.3) is 20.0 Å². The molecule has 760 valence electrons. The third-order valence-corrected chi connectivity index (χ3v) is 97.6. The van der Waals surface area contributed by atoms with E-state index in [4.69, 9.17) is 87.0 Å². The van der Waals surface area contributed by atoms with Crippen LogP contribution in [0.5, 0.6) is 5.75 Å². The van der Waals surface area contributed by atoms with Crippen LogP contribution in [-0.2, 0) is 107 Å². The first-order valence-electron chi connectivity index (χ1n) is 45.8. The van der Waals surface area contributed by atoms with Crippen LogP contribution >= 0.6 is 0 Å². The molecule has 0 fully saturated rings. The van der Waals surface area contributed by atoms with E-state index in [-0.39, 0.29) is 51.1 Å². The highest BCUT2D eigenvalue weighted by atomic mass is 28.5. The lowest BCUT2D eigenvalue weighted by Gasteiger charge is -2.35. The lowest BCUT2D eigenvalue weighted by molar-refractivity contribution is -0.143. The Balaban J connectivity index is -0.00000170. The zero-order valence-corrected chi connectivity index (χ0v) is 112. The van der Waals surface area contributed by atoms with Crippen molar-refractivity contribution >= 4 is 212 Å². The number of rotatable bonds is 72. The SMILES string of the molecule is C=C(C)C(=O)NC[Si](C)(C)O[SiH2]O[Si](C)(C)C(=C)[SiH2]O[Si](C)(C)C(=C)[SiH2]O[Si](C)(C)C.C=C(C)C(=O)OCC(O)COc1ccccc1C[SiH2]O[Si](C)(C)C(=C)[SiH2]O[Si](C)(C)C[Si](OCC)(OCC)OCC.C=CC(=O)OCC(O)COC[SiH2]O[Si](C)(C)C(=C)[SiH2]O[Si](C)(C)C.C=CC(=O)OCC(O)COC[Si](C)(C)O[SiH2]O[Si](C)(C)C(=C)[SiH2]O[Si](C)(C)CCCCCCCC. The molecule has 0 aliphatic heterocycles. The Morgan fingerprint density at radius 1 is 0.420 bits per heavy atom. The number of para-hydroxylation sites is 1. The van der Waals surface area contributed by atoms with E-state index in [9.17, 15) is 34.5 Å². The molecular weight excluding hydrogens is 2020 g/mol. The van der Waals surface area contributed by atoms with Crippen LogP contribution in [0.15, 0.2) is 131 Å². The van der Waals surface area contributed by atoms with Crippen molar-refractivity contribution in [3.63, 3.8) is 0 Å². The molecule has 1 amide bonds. The molecule has 49 heteroatoms. The van der Waals surface area contributed by atoms with Gasteiger partial charge in [0.2, 0.25) is 14.2 Å². The molecule has 28 nitrogen and oxygen atoms in total. The van der Waals surface area contributed by atoms with E-state index in [1.54, 1.807) is 13.8 Å².